The second-order valence-corrected chi connectivity index (χ2v) is 4.21. The van der Waals surface area contributed by atoms with Crippen LogP contribution >= 0.6 is 0 Å². The molecule has 0 fully saturated rings. The third-order valence-electron chi connectivity index (χ3n) is 2.72. The average Bonchev–Trinajstić information content (AvgIpc) is 2.55. The van der Waals surface area contributed by atoms with E-state index in [-0.39, 0.29) is 26.4 Å². The molecule has 0 aliphatic carbocycles. The summed E-state index contributed by atoms with van der Waals surface area (Å²) < 4.78 is 14.6. The number of rotatable bonds is 11. The van der Waals surface area contributed by atoms with Crippen LogP contribution in [-0.4, -0.2) is 49.4 Å². The van der Waals surface area contributed by atoms with Crippen molar-refractivity contribution in [3.8, 4) is 0 Å². The molecule has 0 saturated heterocycles. The van der Waals surface area contributed by atoms with Crippen molar-refractivity contribution >= 4 is 17.9 Å². The summed E-state index contributed by atoms with van der Waals surface area (Å²) >= 11 is 0. The topological polar surface area (TPSA) is 99.1 Å². The van der Waals surface area contributed by atoms with Gasteiger partial charge in [0.25, 0.3) is 0 Å². The Kier molecular flexibility index (Phi) is 10.0. The molecule has 0 saturated carbocycles. The predicted molar refractivity (Wildman–Crippen MR) is 77.5 cm³/mol. The average molecular weight is 312 g/mol. The number of hydrogen-bond donors (Lipinski definition) is 1. The van der Waals surface area contributed by atoms with Gasteiger partial charge in [0, 0.05) is 36.7 Å². The molecule has 0 aliphatic rings. The zero-order chi connectivity index (χ0) is 17.0. The highest BCUT2D eigenvalue weighted by molar-refractivity contribution is 5.82. The number of ether oxygens (including phenoxy) is 3. The van der Waals surface area contributed by atoms with E-state index in [0.29, 0.717) is 0 Å². The van der Waals surface area contributed by atoms with Gasteiger partial charge in [-0.2, -0.15) is 0 Å². The van der Waals surface area contributed by atoms with Crippen LogP contribution in [0.4, 0.5) is 0 Å². The van der Waals surface area contributed by atoms with Crippen molar-refractivity contribution in [2.45, 2.75) is 0 Å². The van der Waals surface area contributed by atoms with Gasteiger partial charge in [0.2, 0.25) is 0 Å². The van der Waals surface area contributed by atoms with Crippen LogP contribution < -0.4 is 0 Å². The molecular formula is C15H20O7. The zero-order valence-electron chi connectivity index (χ0n) is 12.2. The molecule has 0 aromatic rings. The van der Waals surface area contributed by atoms with Gasteiger partial charge in [-0.3, -0.25) is 0 Å². The third kappa shape index (κ3) is 8.01. The summed E-state index contributed by atoms with van der Waals surface area (Å²) in [6.07, 6.45) is 2.95. The fraction of sp³-hybridized carbons (Fsp3) is 0.400. The molecule has 7 heteroatoms. The van der Waals surface area contributed by atoms with E-state index in [4.69, 9.17) is 14.2 Å². The Bertz CT molecular complexity index is 404. The van der Waals surface area contributed by atoms with E-state index in [1.54, 1.807) is 0 Å². The van der Waals surface area contributed by atoms with E-state index in [0.717, 1.165) is 18.2 Å². The Morgan fingerprint density at radius 3 is 1.36 bits per heavy atom. The molecule has 0 heterocycles. The van der Waals surface area contributed by atoms with Gasteiger partial charge in [-0.25, -0.2) is 14.4 Å². The zero-order valence-corrected chi connectivity index (χ0v) is 12.2. The van der Waals surface area contributed by atoms with Gasteiger partial charge in [0.1, 0.15) is 0 Å². The Labute approximate surface area is 128 Å². The summed E-state index contributed by atoms with van der Waals surface area (Å²) in [6, 6.07) is 0. The summed E-state index contributed by atoms with van der Waals surface area (Å²) in [5.41, 5.74) is 0. The maximum absolute atomic E-state index is 11.1. The van der Waals surface area contributed by atoms with E-state index >= 15 is 0 Å². The summed E-state index contributed by atoms with van der Waals surface area (Å²) in [5.74, 6) is -3.10. The molecule has 0 aromatic carbocycles. The Hall–Kier alpha value is -2.41. The second-order valence-electron chi connectivity index (χ2n) is 4.21. The SMILES string of the molecule is C=CC(=O)OCC(CO)C(COC(=O)C=C)COC(=O)C=C. The highest BCUT2D eigenvalue weighted by atomic mass is 16.5. The molecule has 0 radical (unpaired) electrons. The molecule has 7 nitrogen and oxygen atoms in total. The number of aliphatic hydroxyl groups excluding tert-OH is 1. The number of aliphatic hydroxyl groups is 1. The van der Waals surface area contributed by atoms with E-state index in [1.807, 2.05) is 0 Å². The number of esters is 3. The number of carbonyl (C=O) groups excluding carboxylic acids is 3. The lowest BCUT2D eigenvalue weighted by Crippen LogP contribution is -2.33. The molecule has 22 heavy (non-hydrogen) atoms. The quantitative estimate of drug-likeness (QED) is 0.335. The minimum atomic E-state index is -0.653. The van der Waals surface area contributed by atoms with Crippen LogP contribution in [0.1, 0.15) is 0 Å². The van der Waals surface area contributed by atoms with Crippen molar-refractivity contribution in [1.82, 2.24) is 0 Å². The van der Waals surface area contributed by atoms with Crippen LogP contribution in [0.15, 0.2) is 38.0 Å². The van der Waals surface area contributed by atoms with Crippen LogP contribution in [0, 0.1) is 11.8 Å². The smallest absolute Gasteiger partial charge is 0.330 e. The highest BCUT2D eigenvalue weighted by Crippen LogP contribution is 2.15. The summed E-state index contributed by atoms with van der Waals surface area (Å²) in [6.45, 7) is 9.01. The molecule has 0 aromatic heterocycles. The van der Waals surface area contributed by atoms with Crippen LogP contribution in [0.25, 0.3) is 0 Å². The van der Waals surface area contributed by atoms with Crippen LogP contribution in [0.5, 0.6) is 0 Å². The standard InChI is InChI=1S/C15H20O7/c1-4-13(17)20-8-11(7-16)12(9-21-14(18)5-2)10-22-15(19)6-3/h4-6,11-12,16H,1-3,7-10H2. The fourth-order valence-corrected chi connectivity index (χ4v) is 1.40. The van der Waals surface area contributed by atoms with Gasteiger partial charge < -0.3 is 19.3 Å². The van der Waals surface area contributed by atoms with Gasteiger partial charge in [-0.1, -0.05) is 19.7 Å². The number of hydrogen-bond acceptors (Lipinski definition) is 7. The van der Waals surface area contributed by atoms with E-state index in [1.165, 1.54) is 0 Å². The molecule has 122 valence electrons. The van der Waals surface area contributed by atoms with Crippen LogP contribution in [0.2, 0.25) is 0 Å². The molecule has 1 unspecified atom stereocenters. The molecule has 0 rings (SSSR count). The summed E-state index contributed by atoms with van der Waals surface area (Å²) in [5, 5.41) is 9.39. The predicted octanol–water partition coefficient (Wildman–Crippen LogP) is 0.399. The highest BCUT2D eigenvalue weighted by Gasteiger charge is 2.25. The van der Waals surface area contributed by atoms with Crippen molar-refractivity contribution in [3.05, 3.63) is 38.0 Å². The number of carbonyl (C=O) groups is 3. The van der Waals surface area contributed by atoms with Gasteiger partial charge in [0.05, 0.1) is 19.8 Å². The Morgan fingerprint density at radius 2 is 1.09 bits per heavy atom. The molecule has 0 aliphatic heterocycles. The molecular weight excluding hydrogens is 292 g/mol. The van der Waals surface area contributed by atoms with Gasteiger partial charge in [0.15, 0.2) is 0 Å². The largest absolute Gasteiger partial charge is 0.462 e. The summed E-state index contributed by atoms with van der Waals surface area (Å²) in [7, 11) is 0. The first-order chi connectivity index (χ1) is 10.5. The second kappa shape index (κ2) is 11.3. The first kappa shape index (κ1) is 19.6. The lowest BCUT2D eigenvalue weighted by molar-refractivity contribution is -0.149. The summed E-state index contributed by atoms with van der Waals surface area (Å²) in [4.78, 5) is 33.3. The van der Waals surface area contributed by atoms with Crippen LogP contribution in [0.3, 0.4) is 0 Å². The fourth-order valence-electron chi connectivity index (χ4n) is 1.40. The Balaban J connectivity index is 4.72. The normalized spacial score (nSPS) is 11.2. The lowest BCUT2D eigenvalue weighted by Gasteiger charge is -2.24. The van der Waals surface area contributed by atoms with Crippen molar-refractivity contribution < 1.29 is 33.7 Å². The monoisotopic (exact) mass is 312 g/mol. The third-order valence-corrected chi connectivity index (χ3v) is 2.72. The van der Waals surface area contributed by atoms with Gasteiger partial charge in [-0.15, -0.1) is 0 Å². The van der Waals surface area contributed by atoms with Crippen molar-refractivity contribution in [3.63, 3.8) is 0 Å². The molecule has 0 spiro atoms. The van der Waals surface area contributed by atoms with Crippen molar-refractivity contribution in [1.29, 1.82) is 0 Å². The first-order valence-corrected chi connectivity index (χ1v) is 6.46. The molecule has 0 amide bonds. The van der Waals surface area contributed by atoms with Gasteiger partial charge >= 0.3 is 17.9 Å². The van der Waals surface area contributed by atoms with Gasteiger partial charge in [-0.05, 0) is 0 Å². The first-order valence-electron chi connectivity index (χ1n) is 6.46. The minimum absolute atomic E-state index is 0.133. The maximum Gasteiger partial charge on any atom is 0.330 e. The van der Waals surface area contributed by atoms with Crippen LogP contribution in [-0.2, 0) is 28.6 Å². The van der Waals surface area contributed by atoms with E-state index in [2.05, 4.69) is 19.7 Å². The van der Waals surface area contributed by atoms with Crippen molar-refractivity contribution in [2.24, 2.45) is 11.8 Å². The lowest BCUT2D eigenvalue weighted by atomic mass is 9.95. The Morgan fingerprint density at radius 1 is 0.773 bits per heavy atom. The minimum Gasteiger partial charge on any atom is -0.462 e. The molecule has 1 atom stereocenters. The van der Waals surface area contributed by atoms with E-state index in [9.17, 15) is 19.5 Å². The maximum atomic E-state index is 11.1. The van der Waals surface area contributed by atoms with Crippen molar-refractivity contribution in [2.75, 3.05) is 26.4 Å². The molecule has 1 N–H and O–H groups in total. The van der Waals surface area contributed by atoms with E-state index < -0.39 is 29.7 Å². The molecule has 0 bridgehead atoms.